The van der Waals surface area contributed by atoms with E-state index in [1.165, 1.54) is 11.0 Å². The molecule has 0 radical (unpaired) electrons. The number of phenols is 1. The van der Waals surface area contributed by atoms with Crippen molar-refractivity contribution in [3.05, 3.63) is 71.8 Å². The molecule has 3 aromatic rings. The van der Waals surface area contributed by atoms with Gasteiger partial charge >= 0.3 is 6.09 Å². The fourth-order valence-corrected chi connectivity index (χ4v) is 4.96. The SMILES string of the molecule is CCCCCCN(C(=O)C(CS)NC(=O)OC(C)(C)C)C(C(=O)Nc1ccc2ccccc2c1)c1ccc(O)c(C)c1. The van der Waals surface area contributed by atoms with Gasteiger partial charge in [-0.3, -0.25) is 9.59 Å². The number of aromatic hydroxyl groups is 1. The molecule has 3 rings (SSSR count). The molecule has 0 bridgehead atoms. The minimum Gasteiger partial charge on any atom is -0.508 e. The van der Waals surface area contributed by atoms with E-state index in [0.29, 0.717) is 23.2 Å². The number of amides is 3. The minimum atomic E-state index is -1.03. The Balaban J connectivity index is 2.02. The van der Waals surface area contributed by atoms with Gasteiger partial charge in [0.15, 0.2) is 0 Å². The largest absolute Gasteiger partial charge is 0.508 e. The molecule has 0 saturated carbocycles. The number of carbonyl (C=O) groups is 3. The molecular formula is C33H43N3O5S. The summed E-state index contributed by atoms with van der Waals surface area (Å²) in [6, 6.07) is 16.3. The molecule has 0 aliphatic carbocycles. The van der Waals surface area contributed by atoms with Crippen LogP contribution in [0.4, 0.5) is 10.5 Å². The summed E-state index contributed by atoms with van der Waals surface area (Å²) in [7, 11) is 0. The first-order valence-corrected chi connectivity index (χ1v) is 15.1. The number of thiol groups is 1. The maximum atomic E-state index is 14.1. The van der Waals surface area contributed by atoms with Gasteiger partial charge in [-0.05, 0) is 80.3 Å². The fraction of sp³-hybridized carbons (Fsp3) is 0.424. The molecule has 3 aromatic carbocycles. The number of unbranched alkanes of at least 4 members (excludes halogenated alkanes) is 3. The van der Waals surface area contributed by atoms with Gasteiger partial charge in [0.1, 0.15) is 23.4 Å². The number of fused-ring (bicyclic) bond motifs is 1. The second-order valence-corrected chi connectivity index (χ2v) is 11.8. The first-order chi connectivity index (χ1) is 19.9. The summed E-state index contributed by atoms with van der Waals surface area (Å²) in [5.41, 5.74) is 0.963. The van der Waals surface area contributed by atoms with Crippen molar-refractivity contribution in [2.45, 2.75) is 78.0 Å². The average Bonchev–Trinajstić information content (AvgIpc) is 2.93. The highest BCUT2D eigenvalue weighted by atomic mass is 32.1. The van der Waals surface area contributed by atoms with Crippen molar-refractivity contribution in [2.24, 2.45) is 0 Å². The molecule has 9 heteroatoms. The van der Waals surface area contributed by atoms with Crippen molar-refractivity contribution in [2.75, 3.05) is 17.6 Å². The number of anilines is 1. The number of alkyl carbamates (subject to hydrolysis) is 1. The Morgan fingerprint density at radius 2 is 1.69 bits per heavy atom. The van der Waals surface area contributed by atoms with E-state index in [2.05, 4.69) is 30.2 Å². The summed E-state index contributed by atoms with van der Waals surface area (Å²) in [6.07, 6.45) is 2.80. The van der Waals surface area contributed by atoms with Crippen molar-refractivity contribution in [3.63, 3.8) is 0 Å². The summed E-state index contributed by atoms with van der Waals surface area (Å²) in [5, 5.41) is 17.9. The molecule has 0 fully saturated rings. The van der Waals surface area contributed by atoms with Gasteiger partial charge in [-0.2, -0.15) is 12.6 Å². The number of nitrogens with one attached hydrogen (secondary N) is 2. The van der Waals surface area contributed by atoms with Crippen molar-refractivity contribution in [3.8, 4) is 5.75 Å². The van der Waals surface area contributed by atoms with Crippen LogP contribution in [0.25, 0.3) is 10.8 Å². The van der Waals surface area contributed by atoms with Crippen LogP contribution in [0.3, 0.4) is 0 Å². The van der Waals surface area contributed by atoms with Gasteiger partial charge in [0.25, 0.3) is 5.91 Å². The zero-order valence-corrected chi connectivity index (χ0v) is 26.0. The van der Waals surface area contributed by atoms with Crippen LogP contribution in [-0.2, 0) is 14.3 Å². The van der Waals surface area contributed by atoms with Crippen LogP contribution in [0, 0.1) is 6.92 Å². The Morgan fingerprint density at radius 1 is 0.976 bits per heavy atom. The third kappa shape index (κ3) is 9.14. The molecule has 0 aliphatic rings. The lowest BCUT2D eigenvalue weighted by Crippen LogP contribution is -2.53. The molecule has 42 heavy (non-hydrogen) atoms. The minimum absolute atomic E-state index is 0.0111. The number of carbonyl (C=O) groups excluding carboxylic acids is 3. The van der Waals surface area contributed by atoms with Gasteiger partial charge < -0.3 is 25.4 Å². The van der Waals surface area contributed by atoms with E-state index in [1.54, 1.807) is 39.8 Å². The molecule has 3 amide bonds. The van der Waals surface area contributed by atoms with Gasteiger partial charge in [0, 0.05) is 18.0 Å². The van der Waals surface area contributed by atoms with Crippen LogP contribution in [0.15, 0.2) is 60.7 Å². The van der Waals surface area contributed by atoms with Crippen molar-refractivity contribution in [1.29, 1.82) is 0 Å². The second kappa shape index (κ2) is 15.0. The summed E-state index contributed by atoms with van der Waals surface area (Å²) in [5.74, 6) is -0.754. The Labute approximate surface area is 254 Å². The number of nitrogens with zero attached hydrogens (tertiary/aromatic N) is 1. The molecule has 0 heterocycles. The molecule has 0 aliphatic heterocycles. The number of phenolic OH excluding ortho intramolecular Hbond substituents is 1. The Hall–Kier alpha value is -3.72. The Bertz CT molecular complexity index is 1390. The van der Waals surface area contributed by atoms with Crippen molar-refractivity contribution >= 4 is 47.0 Å². The lowest BCUT2D eigenvalue weighted by atomic mass is 9.99. The van der Waals surface area contributed by atoms with E-state index < -0.39 is 35.6 Å². The molecule has 0 spiro atoms. The first-order valence-electron chi connectivity index (χ1n) is 14.4. The Morgan fingerprint density at radius 3 is 2.33 bits per heavy atom. The van der Waals surface area contributed by atoms with Gasteiger partial charge in [-0.1, -0.05) is 62.6 Å². The van der Waals surface area contributed by atoms with E-state index in [0.717, 1.165) is 30.0 Å². The van der Waals surface area contributed by atoms with Crippen LogP contribution in [-0.4, -0.2) is 51.9 Å². The number of aryl methyl sites for hydroxylation is 1. The molecule has 2 atom stereocenters. The first kappa shape index (κ1) is 32.8. The quantitative estimate of drug-likeness (QED) is 0.137. The monoisotopic (exact) mass is 593 g/mol. The highest BCUT2D eigenvalue weighted by Gasteiger charge is 2.36. The fourth-order valence-electron chi connectivity index (χ4n) is 4.71. The molecule has 8 nitrogen and oxygen atoms in total. The van der Waals surface area contributed by atoms with E-state index in [1.807, 2.05) is 42.5 Å². The second-order valence-electron chi connectivity index (χ2n) is 11.5. The van der Waals surface area contributed by atoms with Crippen molar-refractivity contribution < 1.29 is 24.2 Å². The molecule has 0 saturated heterocycles. The normalized spacial score (nSPS) is 12.8. The topological polar surface area (TPSA) is 108 Å². The highest BCUT2D eigenvalue weighted by Crippen LogP contribution is 2.29. The van der Waals surface area contributed by atoms with E-state index >= 15 is 0 Å². The molecule has 3 N–H and O–H groups in total. The maximum absolute atomic E-state index is 14.1. The number of hydrogen-bond acceptors (Lipinski definition) is 6. The van der Waals surface area contributed by atoms with E-state index in [9.17, 15) is 19.5 Å². The number of rotatable bonds is 12. The van der Waals surface area contributed by atoms with Crippen LogP contribution < -0.4 is 10.6 Å². The average molecular weight is 594 g/mol. The predicted molar refractivity (Wildman–Crippen MR) is 171 cm³/mol. The molecule has 0 aromatic heterocycles. The third-order valence-electron chi connectivity index (χ3n) is 6.82. The van der Waals surface area contributed by atoms with Crippen LogP contribution >= 0.6 is 12.6 Å². The smallest absolute Gasteiger partial charge is 0.408 e. The summed E-state index contributed by atoms with van der Waals surface area (Å²) >= 11 is 4.36. The van der Waals surface area contributed by atoms with Crippen LogP contribution in [0.5, 0.6) is 5.75 Å². The van der Waals surface area contributed by atoms with Gasteiger partial charge in [0.05, 0.1) is 0 Å². The predicted octanol–water partition coefficient (Wildman–Crippen LogP) is 6.77. The van der Waals surface area contributed by atoms with Gasteiger partial charge in [0.2, 0.25) is 5.91 Å². The zero-order chi connectivity index (χ0) is 30.9. The van der Waals surface area contributed by atoms with Gasteiger partial charge in [-0.25, -0.2) is 4.79 Å². The number of benzene rings is 3. The molecular weight excluding hydrogens is 550 g/mol. The maximum Gasteiger partial charge on any atom is 0.408 e. The van der Waals surface area contributed by atoms with E-state index in [-0.39, 0.29) is 18.0 Å². The highest BCUT2D eigenvalue weighted by molar-refractivity contribution is 7.80. The third-order valence-corrected chi connectivity index (χ3v) is 7.19. The summed E-state index contributed by atoms with van der Waals surface area (Å²) in [6.45, 7) is 9.35. The van der Waals surface area contributed by atoms with E-state index in [4.69, 9.17) is 4.74 Å². The van der Waals surface area contributed by atoms with Crippen LogP contribution in [0.2, 0.25) is 0 Å². The number of hydrogen-bond donors (Lipinski definition) is 4. The van der Waals surface area contributed by atoms with Crippen molar-refractivity contribution in [1.82, 2.24) is 10.2 Å². The summed E-state index contributed by atoms with van der Waals surface area (Å²) in [4.78, 5) is 42.3. The zero-order valence-electron chi connectivity index (χ0n) is 25.1. The van der Waals surface area contributed by atoms with Gasteiger partial charge in [-0.15, -0.1) is 0 Å². The summed E-state index contributed by atoms with van der Waals surface area (Å²) < 4.78 is 5.39. The lowest BCUT2D eigenvalue weighted by molar-refractivity contribution is -0.140. The molecule has 2 unspecified atom stereocenters. The molecule has 226 valence electrons. The Kier molecular flexibility index (Phi) is 11.7. The number of ether oxygens (including phenoxy) is 1. The lowest BCUT2D eigenvalue weighted by Gasteiger charge is -2.34. The standard InChI is InChI=1S/C33H43N3O5S/c1-6-7-8-11-18-36(31(39)27(21-42)35-32(40)41-33(3,4)5)29(25-15-17-28(37)22(2)19-25)30(38)34-26-16-14-23-12-9-10-13-24(23)20-26/h9-10,12-17,19-20,27,29,37,42H,6-8,11,18,21H2,1-5H3,(H,34,38)(H,35,40). The van der Waals surface area contributed by atoms with Crippen LogP contribution in [0.1, 0.15) is 70.5 Å².